The lowest BCUT2D eigenvalue weighted by molar-refractivity contribution is -0.136. The maximum atomic E-state index is 12.5. The van der Waals surface area contributed by atoms with Crippen molar-refractivity contribution < 1.29 is 9.53 Å². The molecule has 1 atom stereocenters. The minimum atomic E-state index is -0.412. The van der Waals surface area contributed by atoms with Gasteiger partial charge in [0, 0.05) is 13.7 Å². The van der Waals surface area contributed by atoms with E-state index < -0.39 is 5.54 Å². The van der Waals surface area contributed by atoms with E-state index in [0.29, 0.717) is 13.1 Å². The minimum Gasteiger partial charge on any atom is -0.375 e. The van der Waals surface area contributed by atoms with Crippen molar-refractivity contribution in [2.24, 2.45) is 4.99 Å². The summed E-state index contributed by atoms with van der Waals surface area (Å²) in [5.41, 5.74) is 2.81. The summed E-state index contributed by atoms with van der Waals surface area (Å²) in [6, 6.07) is 18.4. The largest absolute Gasteiger partial charge is 0.375 e. The van der Waals surface area contributed by atoms with E-state index in [1.165, 1.54) is 0 Å². The van der Waals surface area contributed by atoms with Crippen LogP contribution in [0.25, 0.3) is 0 Å². The number of methoxy groups -OCH3 is 1. The summed E-state index contributed by atoms with van der Waals surface area (Å²) >= 11 is 0. The molecule has 0 radical (unpaired) electrons. The summed E-state index contributed by atoms with van der Waals surface area (Å²) in [6.45, 7) is 2.03. The third-order valence-electron chi connectivity index (χ3n) is 5.38. The van der Waals surface area contributed by atoms with E-state index in [1.54, 1.807) is 7.11 Å². The predicted molar refractivity (Wildman–Crippen MR) is 112 cm³/mol. The number of nitrogens with one attached hydrogen (secondary N) is 2. The van der Waals surface area contributed by atoms with Crippen LogP contribution in [-0.2, 0) is 16.1 Å². The fraction of sp³-hybridized carbons (Fsp3) is 0.364. The molecule has 2 heterocycles. The van der Waals surface area contributed by atoms with E-state index in [-0.39, 0.29) is 12.5 Å². The van der Waals surface area contributed by atoms with Crippen molar-refractivity contribution in [2.45, 2.75) is 24.9 Å². The quantitative estimate of drug-likeness (QED) is 0.858. The normalized spacial score (nSPS) is 22.5. The van der Waals surface area contributed by atoms with Crippen LogP contribution in [0.15, 0.2) is 59.6 Å². The number of amidine groups is 1. The zero-order chi connectivity index (χ0) is 19.4. The first kappa shape index (κ1) is 18.5. The maximum Gasteiger partial charge on any atom is 0.248 e. The topological polar surface area (TPSA) is 66.0 Å². The van der Waals surface area contributed by atoms with Gasteiger partial charge in [-0.15, -0.1) is 0 Å². The van der Waals surface area contributed by atoms with Crippen LogP contribution >= 0.6 is 0 Å². The zero-order valence-corrected chi connectivity index (χ0v) is 16.1. The molecule has 2 aromatic rings. The molecule has 6 nitrogen and oxygen atoms in total. The van der Waals surface area contributed by atoms with Crippen molar-refractivity contribution >= 4 is 23.1 Å². The van der Waals surface area contributed by atoms with Gasteiger partial charge in [-0.05, 0) is 30.5 Å². The van der Waals surface area contributed by atoms with Crippen LogP contribution in [0.1, 0.15) is 18.4 Å². The number of ether oxygens (including phenoxy) is 1. The van der Waals surface area contributed by atoms with Crippen molar-refractivity contribution in [3.63, 3.8) is 0 Å². The number of fused-ring (bicyclic) bond motifs is 1. The van der Waals surface area contributed by atoms with Gasteiger partial charge in [0.1, 0.15) is 18.0 Å². The Hall–Kier alpha value is -2.86. The number of hydrogen-bond acceptors (Lipinski definition) is 4. The van der Waals surface area contributed by atoms with Crippen LogP contribution < -0.4 is 10.6 Å². The van der Waals surface area contributed by atoms with Crippen LogP contribution in [0.4, 0.5) is 11.4 Å². The number of anilines is 2. The van der Waals surface area contributed by atoms with Crippen molar-refractivity contribution in [1.29, 1.82) is 0 Å². The maximum absolute atomic E-state index is 12.5. The first-order valence-electron chi connectivity index (χ1n) is 9.70. The van der Waals surface area contributed by atoms with Crippen molar-refractivity contribution in [2.75, 3.05) is 37.4 Å². The van der Waals surface area contributed by atoms with Crippen LogP contribution in [0.5, 0.6) is 0 Å². The van der Waals surface area contributed by atoms with E-state index in [0.717, 1.165) is 42.2 Å². The van der Waals surface area contributed by atoms with Crippen LogP contribution in [-0.4, -0.2) is 49.0 Å². The fourth-order valence-electron chi connectivity index (χ4n) is 3.99. The molecule has 0 bridgehead atoms. The first-order chi connectivity index (χ1) is 13.7. The van der Waals surface area contributed by atoms with E-state index in [1.807, 2.05) is 41.3 Å². The number of carbonyl (C=O) groups excluding carboxylic acids is 1. The number of rotatable bonds is 4. The molecule has 2 aliphatic heterocycles. The minimum absolute atomic E-state index is 0.0182. The number of aliphatic imine (C=N–C) groups is 1. The SMILES string of the molecule is COCC(=O)N1CCCC2(C1)Nc1ccccc1NC2=NCc1ccccc1. The Morgan fingerprint density at radius 2 is 1.89 bits per heavy atom. The first-order valence-corrected chi connectivity index (χ1v) is 9.70. The fourth-order valence-corrected chi connectivity index (χ4v) is 3.99. The molecule has 1 amide bonds. The summed E-state index contributed by atoms with van der Waals surface area (Å²) < 4.78 is 5.06. The molecule has 1 fully saturated rings. The van der Waals surface area contributed by atoms with Gasteiger partial charge in [-0.1, -0.05) is 42.5 Å². The van der Waals surface area contributed by atoms with E-state index >= 15 is 0 Å². The standard InChI is InChI=1S/C22H26N4O2/c1-28-15-20(27)26-13-7-12-22(16-26)21(23-14-17-8-3-2-4-9-17)24-18-10-5-6-11-19(18)25-22/h2-6,8-11,25H,7,12-16H2,1H3,(H,23,24). The Morgan fingerprint density at radius 3 is 2.68 bits per heavy atom. The summed E-state index contributed by atoms with van der Waals surface area (Å²) in [6.07, 6.45) is 1.83. The molecule has 2 aliphatic rings. The van der Waals surface area contributed by atoms with E-state index in [4.69, 9.17) is 9.73 Å². The molecule has 0 saturated carbocycles. The predicted octanol–water partition coefficient (Wildman–Crippen LogP) is 3.13. The Labute approximate surface area is 165 Å². The smallest absolute Gasteiger partial charge is 0.248 e. The highest BCUT2D eigenvalue weighted by molar-refractivity contribution is 6.10. The molecule has 2 N–H and O–H groups in total. The van der Waals surface area contributed by atoms with E-state index in [9.17, 15) is 4.79 Å². The molecule has 1 unspecified atom stereocenters. The van der Waals surface area contributed by atoms with Gasteiger partial charge in [0.05, 0.1) is 24.5 Å². The zero-order valence-electron chi connectivity index (χ0n) is 16.1. The Bertz CT molecular complexity index is 868. The number of nitrogens with zero attached hydrogens (tertiary/aromatic N) is 2. The number of likely N-dealkylation sites (tertiary alicyclic amines) is 1. The number of piperidine rings is 1. The van der Waals surface area contributed by atoms with Gasteiger partial charge in [-0.25, -0.2) is 0 Å². The van der Waals surface area contributed by atoms with Gasteiger partial charge >= 0.3 is 0 Å². The second-order valence-corrected chi connectivity index (χ2v) is 7.38. The van der Waals surface area contributed by atoms with Crippen LogP contribution in [0.2, 0.25) is 0 Å². The molecule has 6 heteroatoms. The van der Waals surface area contributed by atoms with Crippen LogP contribution in [0.3, 0.4) is 0 Å². The molecular weight excluding hydrogens is 352 g/mol. The Kier molecular flexibility index (Phi) is 5.30. The second-order valence-electron chi connectivity index (χ2n) is 7.38. The second kappa shape index (κ2) is 8.02. The summed E-state index contributed by atoms with van der Waals surface area (Å²) in [5.74, 6) is 0.912. The summed E-state index contributed by atoms with van der Waals surface area (Å²) in [5, 5.41) is 7.24. The van der Waals surface area contributed by atoms with Gasteiger partial charge in [-0.2, -0.15) is 0 Å². The summed E-state index contributed by atoms with van der Waals surface area (Å²) in [4.78, 5) is 19.3. The highest BCUT2D eigenvalue weighted by atomic mass is 16.5. The Balaban J connectivity index is 1.66. The molecule has 146 valence electrons. The van der Waals surface area contributed by atoms with Gasteiger partial charge < -0.3 is 20.3 Å². The lowest BCUT2D eigenvalue weighted by Crippen LogP contribution is -2.62. The third-order valence-corrected chi connectivity index (χ3v) is 5.38. The number of hydrogen-bond donors (Lipinski definition) is 2. The van der Waals surface area contributed by atoms with E-state index in [2.05, 4.69) is 28.8 Å². The monoisotopic (exact) mass is 378 g/mol. The molecule has 0 aromatic heterocycles. The van der Waals surface area contributed by atoms with Crippen molar-refractivity contribution in [1.82, 2.24) is 4.90 Å². The molecule has 4 rings (SSSR count). The molecule has 2 aromatic carbocycles. The van der Waals surface area contributed by atoms with Gasteiger partial charge in [0.25, 0.3) is 0 Å². The molecular formula is C22H26N4O2. The molecule has 28 heavy (non-hydrogen) atoms. The average molecular weight is 378 g/mol. The highest BCUT2D eigenvalue weighted by Gasteiger charge is 2.44. The van der Waals surface area contributed by atoms with Gasteiger partial charge in [-0.3, -0.25) is 9.79 Å². The van der Waals surface area contributed by atoms with Crippen LogP contribution in [0, 0.1) is 0 Å². The van der Waals surface area contributed by atoms with Gasteiger partial charge in [0.2, 0.25) is 5.91 Å². The van der Waals surface area contributed by atoms with Crippen molar-refractivity contribution in [3.8, 4) is 0 Å². The van der Waals surface area contributed by atoms with Crippen molar-refractivity contribution in [3.05, 3.63) is 60.2 Å². The molecule has 1 spiro atoms. The number of amides is 1. The number of carbonyl (C=O) groups is 1. The lowest BCUT2D eigenvalue weighted by atomic mass is 9.85. The lowest BCUT2D eigenvalue weighted by Gasteiger charge is -2.47. The molecule has 0 aliphatic carbocycles. The molecule has 1 saturated heterocycles. The van der Waals surface area contributed by atoms with Gasteiger partial charge in [0.15, 0.2) is 0 Å². The third kappa shape index (κ3) is 3.73. The average Bonchev–Trinajstić information content (AvgIpc) is 2.73. The number of benzene rings is 2. The summed E-state index contributed by atoms with van der Waals surface area (Å²) in [7, 11) is 1.56. The number of para-hydroxylation sites is 2. The Morgan fingerprint density at radius 1 is 1.14 bits per heavy atom. The highest BCUT2D eigenvalue weighted by Crippen LogP contribution is 2.36.